The van der Waals surface area contributed by atoms with Crippen LogP contribution in [0.2, 0.25) is 0 Å². The molecule has 3 heterocycles. The third-order valence-corrected chi connectivity index (χ3v) is 7.05. The zero-order valence-corrected chi connectivity index (χ0v) is 15.6. The number of amides is 1. The molecule has 3 rings (SSSR count). The molecule has 2 N–H and O–H groups in total. The molecule has 7 nitrogen and oxygen atoms in total. The molecule has 0 unspecified atom stereocenters. The maximum absolute atomic E-state index is 12.8. The van der Waals surface area contributed by atoms with Crippen LogP contribution in [-0.4, -0.2) is 67.8 Å². The molecule has 0 spiro atoms. The molecule has 2 aliphatic heterocycles. The first-order valence-electron chi connectivity index (χ1n) is 9.21. The summed E-state index contributed by atoms with van der Waals surface area (Å²) < 4.78 is 27.2. The van der Waals surface area contributed by atoms with E-state index in [1.807, 2.05) is 0 Å². The van der Waals surface area contributed by atoms with Gasteiger partial charge < -0.3 is 15.2 Å². The van der Waals surface area contributed by atoms with Crippen molar-refractivity contribution >= 4 is 15.9 Å². The summed E-state index contributed by atoms with van der Waals surface area (Å²) in [5.74, 6) is 0.424. The molecule has 0 aromatic carbocycles. The number of nitrogens with one attached hydrogen (secondary N) is 2. The Morgan fingerprint density at radius 3 is 2.56 bits per heavy atom. The number of hydrogen-bond acceptors (Lipinski definition) is 4. The zero-order chi connectivity index (χ0) is 17.9. The minimum atomic E-state index is -3.53. The smallest absolute Gasteiger partial charge is 0.270 e. The van der Waals surface area contributed by atoms with Gasteiger partial charge in [-0.2, -0.15) is 4.31 Å². The summed E-state index contributed by atoms with van der Waals surface area (Å²) in [6.45, 7) is 6.54. The maximum atomic E-state index is 12.8. The predicted molar refractivity (Wildman–Crippen MR) is 96.0 cm³/mol. The summed E-state index contributed by atoms with van der Waals surface area (Å²) in [6.07, 6.45) is 5.22. The van der Waals surface area contributed by atoms with Crippen molar-refractivity contribution in [1.29, 1.82) is 0 Å². The Labute approximate surface area is 149 Å². The Kier molecular flexibility index (Phi) is 5.81. The standard InChI is InChI=1S/C17H28N4O3S/c1-2-18-12-14-5-9-21(10-6-14)25(23,24)15-11-16(19-13-15)17(22)20-7-3-4-8-20/h11,13-14,18-19H,2-10,12H2,1H3. The number of H-pyrrole nitrogens is 1. The Hall–Kier alpha value is -1.38. The third kappa shape index (κ3) is 4.07. The van der Waals surface area contributed by atoms with Gasteiger partial charge in [0.15, 0.2) is 0 Å². The monoisotopic (exact) mass is 368 g/mol. The quantitative estimate of drug-likeness (QED) is 0.792. The number of rotatable bonds is 6. The number of carbonyl (C=O) groups is 1. The number of aromatic nitrogens is 1. The number of hydrogen-bond donors (Lipinski definition) is 2. The number of aromatic amines is 1. The second-order valence-electron chi connectivity index (χ2n) is 6.90. The van der Waals surface area contributed by atoms with Gasteiger partial charge in [-0.1, -0.05) is 6.92 Å². The van der Waals surface area contributed by atoms with Crippen LogP contribution in [-0.2, 0) is 10.0 Å². The molecule has 2 fully saturated rings. The van der Waals surface area contributed by atoms with Crippen molar-refractivity contribution in [2.45, 2.75) is 37.5 Å². The molecule has 0 saturated carbocycles. The lowest BCUT2D eigenvalue weighted by atomic mass is 9.98. The molecule has 0 aliphatic carbocycles. The van der Waals surface area contributed by atoms with Crippen LogP contribution in [0.1, 0.15) is 43.1 Å². The fraction of sp³-hybridized carbons (Fsp3) is 0.706. The lowest BCUT2D eigenvalue weighted by Gasteiger charge is -2.31. The maximum Gasteiger partial charge on any atom is 0.270 e. The Morgan fingerprint density at radius 1 is 1.24 bits per heavy atom. The van der Waals surface area contributed by atoms with Crippen molar-refractivity contribution in [1.82, 2.24) is 19.5 Å². The van der Waals surface area contributed by atoms with Crippen molar-refractivity contribution in [3.05, 3.63) is 18.0 Å². The van der Waals surface area contributed by atoms with Crippen LogP contribution in [0.3, 0.4) is 0 Å². The van der Waals surface area contributed by atoms with Gasteiger partial charge in [-0.05, 0) is 50.8 Å². The molecule has 0 atom stereocenters. The average molecular weight is 369 g/mol. The average Bonchev–Trinajstić information content (AvgIpc) is 3.31. The van der Waals surface area contributed by atoms with E-state index in [9.17, 15) is 13.2 Å². The van der Waals surface area contributed by atoms with Gasteiger partial charge in [-0.25, -0.2) is 8.42 Å². The molecule has 25 heavy (non-hydrogen) atoms. The van der Waals surface area contributed by atoms with E-state index in [0.717, 1.165) is 51.9 Å². The van der Waals surface area contributed by atoms with Crippen molar-refractivity contribution in [3.63, 3.8) is 0 Å². The number of carbonyl (C=O) groups excluding carboxylic acids is 1. The van der Waals surface area contributed by atoms with E-state index >= 15 is 0 Å². The minimum absolute atomic E-state index is 0.108. The molecule has 140 valence electrons. The van der Waals surface area contributed by atoms with Crippen molar-refractivity contribution in [2.24, 2.45) is 5.92 Å². The van der Waals surface area contributed by atoms with Crippen molar-refractivity contribution in [3.8, 4) is 0 Å². The largest absolute Gasteiger partial charge is 0.356 e. The van der Waals surface area contributed by atoms with Gasteiger partial charge in [0.2, 0.25) is 10.0 Å². The van der Waals surface area contributed by atoms with Gasteiger partial charge in [0.25, 0.3) is 5.91 Å². The topological polar surface area (TPSA) is 85.5 Å². The zero-order valence-electron chi connectivity index (χ0n) is 14.8. The van der Waals surface area contributed by atoms with Gasteiger partial charge >= 0.3 is 0 Å². The molecule has 0 bridgehead atoms. The van der Waals surface area contributed by atoms with E-state index in [2.05, 4.69) is 17.2 Å². The first kappa shape index (κ1) is 18.4. The van der Waals surface area contributed by atoms with Crippen LogP contribution in [0.15, 0.2) is 17.2 Å². The Bertz CT molecular complexity index is 687. The molecule has 1 aromatic heterocycles. The van der Waals surface area contributed by atoms with Gasteiger partial charge in [-0.3, -0.25) is 4.79 Å². The number of likely N-dealkylation sites (tertiary alicyclic amines) is 1. The van der Waals surface area contributed by atoms with Crippen molar-refractivity contribution in [2.75, 3.05) is 39.3 Å². The first-order chi connectivity index (χ1) is 12.0. The summed E-state index contributed by atoms with van der Waals surface area (Å²) in [5.41, 5.74) is 0.363. The van der Waals surface area contributed by atoms with Crippen LogP contribution < -0.4 is 5.32 Å². The van der Waals surface area contributed by atoms with E-state index in [0.29, 0.717) is 24.7 Å². The van der Waals surface area contributed by atoms with Crippen LogP contribution in [0, 0.1) is 5.92 Å². The van der Waals surface area contributed by atoms with E-state index in [-0.39, 0.29) is 10.8 Å². The highest BCUT2D eigenvalue weighted by Gasteiger charge is 2.31. The first-order valence-corrected chi connectivity index (χ1v) is 10.6. The normalized spacial score (nSPS) is 20.3. The minimum Gasteiger partial charge on any atom is -0.356 e. The fourth-order valence-corrected chi connectivity index (χ4v) is 5.05. The van der Waals surface area contributed by atoms with Gasteiger partial charge in [0.1, 0.15) is 10.6 Å². The lowest BCUT2D eigenvalue weighted by molar-refractivity contribution is 0.0787. The highest BCUT2D eigenvalue weighted by Crippen LogP contribution is 2.24. The Morgan fingerprint density at radius 2 is 1.92 bits per heavy atom. The summed E-state index contributed by atoms with van der Waals surface area (Å²) in [6, 6.07) is 1.49. The molecule has 0 radical (unpaired) electrons. The van der Waals surface area contributed by atoms with Crippen LogP contribution in [0.4, 0.5) is 0 Å². The summed E-state index contributed by atoms with van der Waals surface area (Å²) in [7, 11) is -3.53. The van der Waals surface area contributed by atoms with Gasteiger partial charge in [-0.15, -0.1) is 0 Å². The highest BCUT2D eigenvalue weighted by molar-refractivity contribution is 7.89. The molecule has 2 saturated heterocycles. The lowest BCUT2D eigenvalue weighted by Crippen LogP contribution is -2.40. The third-order valence-electron chi connectivity index (χ3n) is 5.17. The molecular weight excluding hydrogens is 340 g/mol. The van der Waals surface area contributed by atoms with Crippen LogP contribution in [0.5, 0.6) is 0 Å². The summed E-state index contributed by atoms with van der Waals surface area (Å²) >= 11 is 0. The van der Waals surface area contributed by atoms with E-state index < -0.39 is 10.0 Å². The number of sulfonamides is 1. The summed E-state index contributed by atoms with van der Waals surface area (Å²) in [5, 5.41) is 3.33. The highest BCUT2D eigenvalue weighted by atomic mass is 32.2. The van der Waals surface area contributed by atoms with Crippen LogP contribution in [0.25, 0.3) is 0 Å². The second kappa shape index (κ2) is 7.88. The molecule has 1 aromatic rings. The number of nitrogens with zero attached hydrogens (tertiary/aromatic N) is 2. The van der Waals surface area contributed by atoms with Crippen LogP contribution >= 0.6 is 0 Å². The SMILES string of the molecule is CCNCC1CCN(S(=O)(=O)c2c[nH]c(C(=O)N3CCCC3)c2)CC1. The van der Waals surface area contributed by atoms with E-state index in [4.69, 9.17) is 0 Å². The second-order valence-corrected chi connectivity index (χ2v) is 8.84. The van der Waals surface area contributed by atoms with Gasteiger partial charge in [0.05, 0.1) is 0 Å². The fourth-order valence-electron chi connectivity index (χ4n) is 3.59. The number of piperidine rings is 1. The van der Waals surface area contributed by atoms with E-state index in [1.54, 1.807) is 9.21 Å². The van der Waals surface area contributed by atoms with E-state index in [1.165, 1.54) is 12.3 Å². The molecule has 1 amide bonds. The van der Waals surface area contributed by atoms with Crippen molar-refractivity contribution < 1.29 is 13.2 Å². The Balaban J connectivity index is 1.64. The predicted octanol–water partition coefficient (Wildman–Crippen LogP) is 1.26. The molecule has 8 heteroatoms. The molecular formula is C17H28N4O3S. The summed E-state index contributed by atoms with van der Waals surface area (Å²) in [4.78, 5) is 17.2. The van der Waals surface area contributed by atoms with Gasteiger partial charge in [0, 0.05) is 32.4 Å². The molecule has 2 aliphatic rings.